The molecule has 4 fully saturated rings. The van der Waals surface area contributed by atoms with E-state index in [4.69, 9.17) is 20.4 Å². The van der Waals surface area contributed by atoms with Crippen LogP contribution in [0.25, 0.3) is 0 Å². The third kappa shape index (κ3) is 19.1. The van der Waals surface area contributed by atoms with Crippen molar-refractivity contribution in [1.82, 2.24) is 0 Å². The molecule has 4 aliphatic rings. The van der Waals surface area contributed by atoms with Crippen LogP contribution in [0.15, 0.2) is 0 Å². The summed E-state index contributed by atoms with van der Waals surface area (Å²) < 4.78 is 0. The van der Waals surface area contributed by atoms with Gasteiger partial charge in [-0.3, -0.25) is 0 Å². The van der Waals surface area contributed by atoms with Gasteiger partial charge in [0.15, 0.2) is 0 Å². The summed E-state index contributed by atoms with van der Waals surface area (Å²) in [6, 6.07) is 0. The van der Waals surface area contributed by atoms with Crippen LogP contribution in [0.1, 0.15) is 128 Å². The summed E-state index contributed by atoms with van der Waals surface area (Å²) in [7, 11) is 0. The minimum atomic E-state index is 0. The number of rotatable bonds is 0. The Bertz CT molecular complexity index is 255. The van der Waals surface area contributed by atoms with Gasteiger partial charge in [-0.15, -0.1) is 0 Å². The van der Waals surface area contributed by atoms with E-state index < -0.39 is 0 Å². The minimum Gasteiger partial charge on any atom is -0.393 e. The molecule has 0 atom stereocenters. The van der Waals surface area contributed by atoms with Crippen LogP contribution in [0.4, 0.5) is 0 Å². The van der Waals surface area contributed by atoms with Crippen LogP contribution in [0, 0.1) is 0 Å². The normalized spacial score (nSPS) is 24.4. The maximum atomic E-state index is 8.91. The largest absolute Gasteiger partial charge is 0.393 e. The molecule has 0 aromatic carbocycles. The van der Waals surface area contributed by atoms with Gasteiger partial charge >= 0.3 is 0 Å². The summed E-state index contributed by atoms with van der Waals surface area (Å²) in [6.45, 7) is 0. The van der Waals surface area contributed by atoms with E-state index in [-0.39, 0.29) is 50.3 Å². The first-order valence-corrected chi connectivity index (χ1v) is 12.3. The summed E-state index contributed by atoms with van der Waals surface area (Å²) >= 11 is 0. The second-order valence-electron chi connectivity index (χ2n) is 9.17. The third-order valence-electron chi connectivity index (χ3n) is 6.30. The molecule has 4 rings (SSSR count). The van der Waals surface area contributed by atoms with Crippen molar-refractivity contribution in [2.24, 2.45) is 0 Å². The van der Waals surface area contributed by atoms with E-state index in [0.29, 0.717) is 0 Å². The predicted molar refractivity (Wildman–Crippen MR) is 116 cm³/mol. The average Bonchev–Trinajstić information content (AvgIpc) is 2.72. The van der Waals surface area contributed by atoms with E-state index in [9.17, 15) is 0 Å². The monoisotopic (exact) mass is 580 g/mol. The molecule has 4 N–H and O–H groups in total. The number of hydrogen-bond donors (Lipinski definition) is 4. The van der Waals surface area contributed by atoms with Crippen molar-refractivity contribution in [3.63, 3.8) is 0 Å². The second kappa shape index (κ2) is 20.6. The first-order valence-electron chi connectivity index (χ1n) is 12.3. The van der Waals surface area contributed by atoms with Gasteiger partial charge in [-0.05, 0) is 51.4 Å². The van der Waals surface area contributed by atoms with E-state index in [1.807, 2.05) is 0 Å². The van der Waals surface area contributed by atoms with E-state index >= 15 is 0 Å². The van der Waals surface area contributed by atoms with Crippen LogP contribution in [0.3, 0.4) is 0 Å². The van der Waals surface area contributed by atoms with Gasteiger partial charge in [-0.2, -0.15) is 0 Å². The second-order valence-corrected chi connectivity index (χ2v) is 9.17. The standard InChI is InChI=1S/4C6H12O.Hf/c4*7-6-4-2-1-3-5-6;/h4*6-7H,1-5H2;. The van der Waals surface area contributed by atoms with Gasteiger partial charge in [0, 0.05) is 25.8 Å². The Labute approximate surface area is 198 Å². The van der Waals surface area contributed by atoms with E-state index in [1.54, 1.807) is 0 Å². The first-order chi connectivity index (χ1) is 13.6. The molecule has 0 unspecified atom stereocenters. The van der Waals surface area contributed by atoms with Crippen LogP contribution in [-0.4, -0.2) is 44.8 Å². The Kier molecular flexibility index (Phi) is 21.1. The molecule has 0 aromatic heterocycles. The Morgan fingerprint density at radius 1 is 0.276 bits per heavy atom. The molecule has 4 aliphatic carbocycles. The molecule has 172 valence electrons. The summed E-state index contributed by atoms with van der Waals surface area (Å²) in [4.78, 5) is 0. The van der Waals surface area contributed by atoms with Gasteiger partial charge in [0.2, 0.25) is 0 Å². The molecule has 0 saturated heterocycles. The van der Waals surface area contributed by atoms with Crippen molar-refractivity contribution in [2.45, 2.75) is 153 Å². The molecule has 0 heterocycles. The van der Waals surface area contributed by atoms with Crippen molar-refractivity contribution in [3.8, 4) is 0 Å². The van der Waals surface area contributed by atoms with Crippen LogP contribution >= 0.6 is 0 Å². The number of hydrogen-bond acceptors (Lipinski definition) is 4. The van der Waals surface area contributed by atoms with E-state index in [1.165, 1.54) is 77.0 Å². The molecule has 0 bridgehead atoms. The molecule has 5 heteroatoms. The molecule has 0 aromatic rings. The molecule has 4 nitrogen and oxygen atoms in total. The minimum absolute atomic E-state index is 0. The zero-order chi connectivity index (χ0) is 20.5. The Hall–Kier alpha value is 0.710. The first kappa shape index (κ1) is 29.7. The SMILES string of the molecule is OC1CCCCC1.OC1CCCCC1.OC1CCCCC1.OC1CCCCC1.[Hf]. The zero-order valence-electron chi connectivity index (χ0n) is 18.7. The predicted octanol–water partition coefficient (Wildman–Crippen LogP) is 5.24. The van der Waals surface area contributed by atoms with Crippen molar-refractivity contribution >= 4 is 0 Å². The van der Waals surface area contributed by atoms with E-state index in [2.05, 4.69) is 0 Å². The molecular formula is C24H48HfO4. The molecular weight excluding hydrogens is 531 g/mol. The van der Waals surface area contributed by atoms with Crippen molar-refractivity contribution in [2.75, 3.05) is 0 Å². The van der Waals surface area contributed by atoms with Crippen LogP contribution in [-0.2, 0) is 25.8 Å². The summed E-state index contributed by atoms with van der Waals surface area (Å²) in [5.41, 5.74) is 0. The average molecular weight is 579 g/mol. The topological polar surface area (TPSA) is 80.9 Å². The Balaban J connectivity index is 0.000000356. The van der Waals surface area contributed by atoms with Crippen molar-refractivity contribution in [3.05, 3.63) is 0 Å². The fraction of sp³-hybridized carbons (Fsp3) is 1.00. The van der Waals surface area contributed by atoms with E-state index in [0.717, 1.165) is 51.4 Å². The molecule has 0 spiro atoms. The van der Waals surface area contributed by atoms with Crippen molar-refractivity contribution in [1.29, 1.82) is 0 Å². The summed E-state index contributed by atoms with van der Waals surface area (Å²) in [5, 5.41) is 35.6. The van der Waals surface area contributed by atoms with Gasteiger partial charge in [0.1, 0.15) is 0 Å². The summed E-state index contributed by atoms with van der Waals surface area (Å²) in [6.07, 6.45) is 23.7. The third-order valence-corrected chi connectivity index (χ3v) is 6.30. The van der Waals surface area contributed by atoms with Gasteiger partial charge in [-0.1, -0.05) is 77.0 Å². The van der Waals surface area contributed by atoms with Crippen LogP contribution in [0.5, 0.6) is 0 Å². The molecule has 0 amide bonds. The Morgan fingerprint density at radius 3 is 0.483 bits per heavy atom. The fourth-order valence-electron chi connectivity index (χ4n) is 4.32. The maximum absolute atomic E-state index is 8.91. The van der Waals surface area contributed by atoms with Crippen LogP contribution < -0.4 is 0 Å². The number of aliphatic hydroxyl groups excluding tert-OH is 4. The maximum Gasteiger partial charge on any atom is 0.0540 e. The zero-order valence-corrected chi connectivity index (χ0v) is 22.3. The van der Waals surface area contributed by atoms with Gasteiger partial charge in [-0.25, -0.2) is 0 Å². The molecule has 29 heavy (non-hydrogen) atoms. The number of aliphatic hydroxyl groups is 4. The Morgan fingerprint density at radius 2 is 0.414 bits per heavy atom. The molecule has 0 aliphatic heterocycles. The van der Waals surface area contributed by atoms with Gasteiger partial charge < -0.3 is 20.4 Å². The van der Waals surface area contributed by atoms with Gasteiger partial charge in [0.05, 0.1) is 24.4 Å². The molecule has 4 saturated carbocycles. The molecule has 0 radical (unpaired) electrons. The smallest absolute Gasteiger partial charge is 0.0540 e. The fourth-order valence-corrected chi connectivity index (χ4v) is 4.32. The van der Waals surface area contributed by atoms with Crippen LogP contribution in [0.2, 0.25) is 0 Å². The van der Waals surface area contributed by atoms with Gasteiger partial charge in [0.25, 0.3) is 0 Å². The van der Waals surface area contributed by atoms with Crippen molar-refractivity contribution < 1.29 is 46.3 Å². The summed E-state index contributed by atoms with van der Waals surface area (Å²) in [5.74, 6) is 0. The quantitative estimate of drug-likeness (QED) is 0.296.